The lowest BCUT2D eigenvalue weighted by Crippen LogP contribution is -2.51. The molecule has 1 saturated carbocycles. The number of ether oxygens (including phenoxy) is 1. The van der Waals surface area contributed by atoms with Gasteiger partial charge >= 0.3 is 0 Å². The van der Waals surface area contributed by atoms with Crippen molar-refractivity contribution in [3.63, 3.8) is 0 Å². The fourth-order valence-electron chi connectivity index (χ4n) is 5.73. The van der Waals surface area contributed by atoms with Crippen LogP contribution in [0.3, 0.4) is 0 Å². The lowest BCUT2D eigenvalue weighted by atomic mass is 9.72. The van der Waals surface area contributed by atoms with Crippen LogP contribution < -0.4 is 5.32 Å². The summed E-state index contributed by atoms with van der Waals surface area (Å²) in [6.45, 7) is 4.83. The highest BCUT2D eigenvalue weighted by molar-refractivity contribution is 6.30. The Bertz CT molecular complexity index is 1050. The Kier molecular flexibility index (Phi) is 4.91. The summed E-state index contributed by atoms with van der Waals surface area (Å²) in [5.74, 6) is 0.0297. The summed E-state index contributed by atoms with van der Waals surface area (Å²) in [5.41, 5.74) is 4.66. The number of carbonyl (C=O) groups is 1. The third kappa shape index (κ3) is 3.37. The Morgan fingerprint density at radius 2 is 1.61 bits per heavy atom. The molecule has 2 fully saturated rings. The summed E-state index contributed by atoms with van der Waals surface area (Å²) in [7, 11) is 0. The number of halogens is 1. The molecule has 2 heterocycles. The van der Waals surface area contributed by atoms with Gasteiger partial charge in [-0.25, -0.2) is 0 Å². The lowest BCUT2D eigenvalue weighted by molar-refractivity contribution is -0.117. The van der Waals surface area contributed by atoms with Gasteiger partial charge in [-0.05, 0) is 92.3 Å². The second kappa shape index (κ2) is 7.39. The zero-order valence-electron chi connectivity index (χ0n) is 18.1. The maximum Gasteiger partial charge on any atom is 0.256 e. The summed E-state index contributed by atoms with van der Waals surface area (Å²) in [4.78, 5) is 13.1. The van der Waals surface area contributed by atoms with E-state index >= 15 is 0 Å². The van der Waals surface area contributed by atoms with E-state index in [1.54, 1.807) is 0 Å². The van der Waals surface area contributed by atoms with Crippen molar-refractivity contribution in [1.29, 1.82) is 0 Å². The van der Waals surface area contributed by atoms with Gasteiger partial charge in [0.25, 0.3) is 5.91 Å². The van der Waals surface area contributed by atoms with Gasteiger partial charge in [-0.1, -0.05) is 35.9 Å². The molecule has 3 aliphatic rings. The normalized spacial score (nSPS) is 28.0. The van der Waals surface area contributed by atoms with Crippen LogP contribution in [0, 0.1) is 13.8 Å². The summed E-state index contributed by atoms with van der Waals surface area (Å²) in [6, 6.07) is 11.9. The molecule has 0 radical (unpaired) electrons. The molecule has 31 heavy (non-hydrogen) atoms. The van der Waals surface area contributed by atoms with Crippen LogP contribution in [0.1, 0.15) is 55.2 Å². The molecule has 4 nitrogen and oxygen atoms in total. The van der Waals surface area contributed by atoms with Crippen LogP contribution in [0.15, 0.2) is 42.2 Å². The molecule has 5 heteroatoms. The van der Waals surface area contributed by atoms with E-state index in [0.717, 1.165) is 72.9 Å². The van der Waals surface area contributed by atoms with Crippen molar-refractivity contribution >= 4 is 23.1 Å². The number of rotatable bonds is 2. The number of aliphatic hydroxyl groups is 1. The Morgan fingerprint density at radius 1 is 0.968 bits per heavy atom. The van der Waals surface area contributed by atoms with Gasteiger partial charge in [0.05, 0.1) is 16.7 Å². The smallest absolute Gasteiger partial charge is 0.256 e. The first-order chi connectivity index (χ1) is 14.8. The van der Waals surface area contributed by atoms with Crippen molar-refractivity contribution < 1.29 is 14.6 Å². The monoisotopic (exact) mass is 437 g/mol. The van der Waals surface area contributed by atoms with Gasteiger partial charge in [-0.15, -0.1) is 0 Å². The van der Waals surface area contributed by atoms with Crippen LogP contribution in [-0.2, 0) is 9.53 Å². The van der Waals surface area contributed by atoms with Crippen LogP contribution in [0.25, 0.3) is 16.7 Å². The van der Waals surface area contributed by atoms with Crippen molar-refractivity contribution in [2.75, 3.05) is 6.61 Å². The number of hydrogen-bond donors (Lipinski definition) is 2. The predicted molar refractivity (Wildman–Crippen MR) is 123 cm³/mol. The van der Waals surface area contributed by atoms with Crippen molar-refractivity contribution in [3.8, 4) is 11.1 Å². The van der Waals surface area contributed by atoms with E-state index in [-0.39, 0.29) is 17.3 Å². The van der Waals surface area contributed by atoms with Gasteiger partial charge in [0.1, 0.15) is 5.76 Å². The molecule has 0 aromatic heterocycles. The Balaban J connectivity index is 1.50. The van der Waals surface area contributed by atoms with Crippen LogP contribution >= 0.6 is 11.6 Å². The summed E-state index contributed by atoms with van der Waals surface area (Å²) < 4.78 is 6.04. The maximum absolute atomic E-state index is 13.1. The Hall–Kier alpha value is -2.30. The average molecular weight is 438 g/mol. The van der Waals surface area contributed by atoms with E-state index in [9.17, 15) is 9.90 Å². The van der Waals surface area contributed by atoms with Crippen molar-refractivity contribution in [3.05, 3.63) is 63.9 Å². The minimum atomic E-state index is -0.655. The zero-order chi connectivity index (χ0) is 21.8. The summed E-state index contributed by atoms with van der Waals surface area (Å²) in [5, 5.41) is 15.2. The van der Waals surface area contributed by atoms with E-state index in [4.69, 9.17) is 16.3 Å². The number of aryl methyl sites for hydroxylation is 2. The molecular weight excluding hydrogens is 410 g/mol. The number of carbonyl (C=O) groups excluding carboxylic acids is 1. The third-order valence-electron chi connectivity index (χ3n) is 7.43. The van der Waals surface area contributed by atoms with E-state index in [1.165, 1.54) is 0 Å². The van der Waals surface area contributed by atoms with Gasteiger partial charge < -0.3 is 15.2 Å². The first kappa shape index (κ1) is 20.6. The Morgan fingerprint density at radius 3 is 2.19 bits per heavy atom. The maximum atomic E-state index is 13.1. The topological polar surface area (TPSA) is 58.6 Å². The Labute approximate surface area is 188 Å². The molecule has 2 aromatic rings. The molecule has 1 aliphatic carbocycles. The summed E-state index contributed by atoms with van der Waals surface area (Å²) >= 11 is 6.03. The molecular formula is C26H28ClNO3. The molecule has 2 spiro atoms. The molecule has 2 aliphatic heterocycles. The van der Waals surface area contributed by atoms with Crippen molar-refractivity contribution in [2.45, 2.75) is 63.5 Å². The highest BCUT2D eigenvalue weighted by Crippen LogP contribution is 2.49. The number of amides is 1. The highest BCUT2D eigenvalue weighted by Gasteiger charge is 2.52. The molecule has 1 amide bonds. The molecule has 0 unspecified atom stereocenters. The van der Waals surface area contributed by atoms with Crippen LogP contribution in [-0.4, -0.2) is 28.8 Å². The largest absolute Gasteiger partial charge is 0.509 e. The number of aliphatic hydroxyl groups excluding tert-OH is 1. The quantitative estimate of drug-likeness (QED) is 0.616. The lowest BCUT2D eigenvalue weighted by Gasteiger charge is -2.42. The molecule has 0 atom stereocenters. The SMILES string of the molecule is Cc1cc(-c2ccc(Cl)cc2)cc(C)c1C1=C(O)C2(CCC3(CCCO3)CC2)NC1=O. The standard InChI is InChI=1S/C26H28ClNO3/c1-16-14-19(18-4-6-20(27)7-5-18)15-17(2)21(16)22-23(29)26(28-24(22)30)11-9-25(10-12-26)8-3-13-31-25/h4-7,14-15,29H,3,8-13H2,1-2H3,(H,28,30). The molecule has 2 N–H and O–H groups in total. The molecule has 1 saturated heterocycles. The number of benzene rings is 2. The second-order valence-electron chi connectivity index (χ2n) is 9.39. The zero-order valence-corrected chi connectivity index (χ0v) is 18.8. The van der Waals surface area contributed by atoms with E-state index in [0.29, 0.717) is 10.6 Å². The van der Waals surface area contributed by atoms with E-state index in [1.807, 2.05) is 38.1 Å². The molecule has 0 bridgehead atoms. The summed E-state index contributed by atoms with van der Waals surface area (Å²) in [6.07, 6.45) is 5.36. The minimum absolute atomic E-state index is 0.0505. The van der Waals surface area contributed by atoms with Crippen molar-refractivity contribution in [1.82, 2.24) is 5.32 Å². The highest BCUT2D eigenvalue weighted by atomic mass is 35.5. The molecule has 5 rings (SSSR count). The van der Waals surface area contributed by atoms with Gasteiger partial charge in [-0.2, -0.15) is 0 Å². The first-order valence-corrected chi connectivity index (χ1v) is 11.5. The van der Waals surface area contributed by atoms with Gasteiger partial charge in [0.15, 0.2) is 0 Å². The van der Waals surface area contributed by atoms with E-state index < -0.39 is 5.54 Å². The first-order valence-electron chi connectivity index (χ1n) is 11.1. The van der Waals surface area contributed by atoms with Gasteiger partial charge in [-0.3, -0.25) is 4.79 Å². The fraction of sp³-hybridized carbons (Fsp3) is 0.423. The van der Waals surface area contributed by atoms with Crippen LogP contribution in [0.2, 0.25) is 5.02 Å². The van der Waals surface area contributed by atoms with Crippen molar-refractivity contribution in [2.24, 2.45) is 0 Å². The van der Waals surface area contributed by atoms with Crippen LogP contribution in [0.4, 0.5) is 0 Å². The number of nitrogens with one attached hydrogen (secondary N) is 1. The van der Waals surface area contributed by atoms with E-state index in [2.05, 4.69) is 17.4 Å². The predicted octanol–water partition coefficient (Wildman–Crippen LogP) is 5.88. The third-order valence-corrected chi connectivity index (χ3v) is 7.68. The second-order valence-corrected chi connectivity index (χ2v) is 9.82. The average Bonchev–Trinajstić information content (AvgIpc) is 3.29. The fourth-order valence-corrected chi connectivity index (χ4v) is 5.85. The molecule has 2 aromatic carbocycles. The van der Waals surface area contributed by atoms with Gasteiger partial charge in [0, 0.05) is 11.6 Å². The molecule has 162 valence electrons. The van der Waals surface area contributed by atoms with Crippen LogP contribution in [0.5, 0.6) is 0 Å². The number of hydrogen-bond acceptors (Lipinski definition) is 3. The minimum Gasteiger partial charge on any atom is -0.509 e. The van der Waals surface area contributed by atoms with Gasteiger partial charge in [0.2, 0.25) is 0 Å².